The zero-order valence-corrected chi connectivity index (χ0v) is 14.2. The number of hydrogen-bond donors (Lipinski definition) is 1. The first-order valence-electron chi connectivity index (χ1n) is 7.98. The van der Waals surface area contributed by atoms with E-state index in [0.29, 0.717) is 18.1 Å². The number of hydrogen-bond acceptors (Lipinski definition) is 4. The van der Waals surface area contributed by atoms with E-state index < -0.39 is 17.7 Å². The number of rotatable bonds is 5. The van der Waals surface area contributed by atoms with Crippen LogP contribution in [0.2, 0.25) is 0 Å². The number of amides is 2. The Bertz CT molecular complexity index is 767. The molecule has 1 aliphatic heterocycles. The third-order valence-electron chi connectivity index (χ3n) is 4.15. The van der Waals surface area contributed by atoms with Crippen molar-refractivity contribution in [2.75, 3.05) is 11.9 Å². The van der Waals surface area contributed by atoms with Crippen LogP contribution in [0, 0.1) is 11.6 Å². The number of carbonyl (C=O) groups excluding carboxylic acids is 2. The Balaban J connectivity index is 1.60. The van der Waals surface area contributed by atoms with Gasteiger partial charge >= 0.3 is 0 Å². The molecule has 1 atom stereocenters. The Kier molecular flexibility index (Phi) is 5.37. The summed E-state index contributed by atoms with van der Waals surface area (Å²) in [5.74, 6) is -1.57. The molecule has 3 rings (SSSR count). The summed E-state index contributed by atoms with van der Waals surface area (Å²) in [6.07, 6.45) is 3.03. The Morgan fingerprint density at radius 2 is 2.20 bits per heavy atom. The number of nitrogens with zero attached hydrogens (tertiary/aromatic N) is 2. The van der Waals surface area contributed by atoms with Crippen LogP contribution in [0.25, 0.3) is 0 Å². The van der Waals surface area contributed by atoms with Crippen LogP contribution >= 0.6 is 11.3 Å². The van der Waals surface area contributed by atoms with Crippen LogP contribution in [0.1, 0.15) is 24.8 Å². The molecule has 8 heteroatoms. The summed E-state index contributed by atoms with van der Waals surface area (Å²) in [7, 11) is 0. The zero-order valence-electron chi connectivity index (χ0n) is 13.4. The van der Waals surface area contributed by atoms with Crippen molar-refractivity contribution in [1.82, 2.24) is 9.88 Å². The molecule has 1 saturated heterocycles. The molecule has 132 valence electrons. The van der Waals surface area contributed by atoms with Gasteiger partial charge in [0.25, 0.3) is 0 Å². The van der Waals surface area contributed by atoms with Crippen molar-refractivity contribution in [2.45, 2.75) is 31.7 Å². The van der Waals surface area contributed by atoms with Crippen LogP contribution in [0.4, 0.5) is 13.9 Å². The molecular weight excluding hydrogens is 348 g/mol. The number of anilines is 1. The predicted octanol–water partition coefficient (Wildman–Crippen LogP) is 2.98. The van der Waals surface area contributed by atoms with Crippen molar-refractivity contribution < 1.29 is 18.4 Å². The standard InChI is InChI=1S/C17H17F2N3O2S/c18-12-4-5-13(19)11(10-12)3-6-15(23)22-8-1-2-14(22)16(24)21-17-20-7-9-25-17/h4-5,7,9-10,14H,1-3,6,8H2,(H,20,21,24)/t14-/m1/s1. The first-order chi connectivity index (χ1) is 12.0. The van der Waals surface area contributed by atoms with Crippen LogP contribution in [-0.4, -0.2) is 34.3 Å². The molecule has 1 aromatic carbocycles. The molecule has 1 aliphatic rings. The molecule has 0 aliphatic carbocycles. The average molecular weight is 365 g/mol. The van der Waals surface area contributed by atoms with Gasteiger partial charge in [0.1, 0.15) is 17.7 Å². The normalized spacial score (nSPS) is 16.9. The van der Waals surface area contributed by atoms with E-state index in [0.717, 1.165) is 24.6 Å². The van der Waals surface area contributed by atoms with Crippen LogP contribution in [0.3, 0.4) is 0 Å². The molecule has 1 aromatic heterocycles. The number of aromatic nitrogens is 1. The third-order valence-corrected chi connectivity index (χ3v) is 4.84. The zero-order chi connectivity index (χ0) is 17.8. The first kappa shape index (κ1) is 17.5. The van der Waals surface area contributed by atoms with Crippen LogP contribution < -0.4 is 5.32 Å². The van der Waals surface area contributed by atoms with Crippen LogP contribution in [0.15, 0.2) is 29.8 Å². The summed E-state index contributed by atoms with van der Waals surface area (Å²) < 4.78 is 26.9. The van der Waals surface area contributed by atoms with Gasteiger partial charge in [0.05, 0.1) is 0 Å². The van der Waals surface area contributed by atoms with E-state index in [2.05, 4.69) is 10.3 Å². The topological polar surface area (TPSA) is 62.3 Å². The lowest BCUT2D eigenvalue weighted by Gasteiger charge is -2.23. The summed E-state index contributed by atoms with van der Waals surface area (Å²) in [6, 6.07) is 2.64. The number of halogens is 2. The lowest BCUT2D eigenvalue weighted by Crippen LogP contribution is -2.43. The smallest absolute Gasteiger partial charge is 0.248 e. The highest BCUT2D eigenvalue weighted by molar-refractivity contribution is 7.13. The second-order valence-corrected chi connectivity index (χ2v) is 6.70. The van der Waals surface area contributed by atoms with Gasteiger partial charge in [-0.3, -0.25) is 9.59 Å². The van der Waals surface area contributed by atoms with Crippen LogP contribution in [0.5, 0.6) is 0 Å². The molecule has 2 aromatic rings. The molecular formula is C17H17F2N3O2S. The van der Waals surface area contributed by atoms with Crippen molar-refractivity contribution >= 4 is 28.3 Å². The summed E-state index contributed by atoms with van der Waals surface area (Å²) in [5, 5.41) is 4.95. The lowest BCUT2D eigenvalue weighted by atomic mass is 10.1. The summed E-state index contributed by atoms with van der Waals surface area (Å²) in [6.45, 7) is 0.487. The van der Waals surface area contributed by atoms with E-state index in [1.54, 1.807) is 11.6 Å². The molecule has 0 unspecified atom stereocenters. The maximum absolute atomic E-state index is 13.7. The van der Waals surface area contributed by atoms with Gasteiger partial charge in [0.15, 0.2) is 5.13 Å². The van der Waals surface area contributed by atoms with Gasteiger partial charge in [-0.2, -0.15) is 0 Å². The Morgan fingerprint density at radius 1 is 1.36 bits per heavy atom. The van der Waals surface area contributed by atoms with Crippen LogP contribution in [-0.2, 0) is 16.0 Å². The van der Waals surface area contributed by atoms with Gasteiger partial charge in [0, 0.05) is 24.5 Å². The number of aryl methyl sites for hydroxylation is 1. The number of benzene rings is 1. The molecule has 0 bridgehead atoms. The van der Waals surface area contributed by atoms with Gasteiger partial charge in [-0.15, -0.1) is 11.3 Å². The first-order valence-corrected chi connectivity index (χ1v) is 8.86. The summed E-state index contributed by atoms with van der Waals surface area (Å²) in [4.78, 5) is 30.3. The van der Waals surface area contributed by atoms with Crippen molar-refractivity contribution in [3.05, 3.63) is 47.0 Å². The Hall–Kier alpha value is -2.35. The highest BCUT2D eigenvalue weighted by atomic mass is 32.1. The van der Waals surface area contributed by atoms with E-state index in [4.69, 9.17) is 0 Å². The molecule has 5 nitrogen and oxygen atoms in total. The minimum Gasteiger partial charge on any atom is -0.331 e. The SMILES string of the molecule is O=C(Nc1nccs1)[C@H]1CCCN1C(=O)CCc1cc(F)ccc1F. The quantitative estimate of drug-likeness (QED) is 0.886. The maximum Gasteiger partial charge on any atom is 0.248 e. The number of likely N-dealkylation sites (tertiary alicyclic amines) is 1. The van der Waals surface area contributed by atoms with Gasteiger partial charge < -0.3 is 10.2 Å². The van der Waals surface area contributed by atoms with Gasteiger partial charge in [-0.1, -0.05) is 0 Å². The molecule has 2 amide bonds. The van der Waals surface area contributed by atoms with Gasteiger partial charge in [0.2, 0.25) is 11.8 Å². The van der Waals surface area contributed by atoms with Crippen molar-refractivity contribution in [1.29, 1.82) is 0 Å². The molecule has 2 heterocycles. The van der Waals surface area contributed by atoms with Crippen molar-refractivity contribution in [2.24, 2.45) is 0 Å². The second kappa shape index (κ2) is 7.69. The van der Waals surface area contributed by atoms with E-state index in [9.17, 15) is 18.4 Å². The molecule has 25 heavy (non-hydrogen) atoms. The van der Waals surface area contributed by atoms with Gasteiger partial charge in [-0.05, 0) is 43.0 Å². The summed E-state index contributed by atoms with van der Waals surface area (Å²) in [5.41, 5.74) is 0.163. The second-order valence-electron chi connectivity index (χ2n) is 5.81. The number of carbonyl (C=O) groups is 2. The Morgan fingerprint density at radius 3 is 2.96 bits per heavy atom. The summed E-state index contributed by atoms with van der Waals surface area (Å²) >= 11 is 1.31. The van der Waals surface area contributed by atoms with E-state index in [-0.39, 0.29) is 30.2 Å². The van der Waals surface area contributed by atoms with Crippen molar-refractivity contribution in [3.8, 4) is 0 Å². The lowest BCUT2D eigenvalue weighted by molar-refractivity contribution is -0.136. The third kappa shape index (κ3) is 4.19. The molecule has 1 N–H and O–H groups in total. The largest absolute Gasteiger partial charge is 0.331 e. The fourth-order valence-corrected chi connectivity index (χ4v) is 3.46. The maximum atomic E-state index is 13.7. The average Bonchev–Trinajstić information content (AvgIpc) is 3.26. The van der Waals surface area contributed by atoms with E-state index in [1.807, 2.05) is 0 Å². The highest BCUT2D eigenvalue weighted by Gasteiger charge is 2.34. The van der Waals surface area contributed by atoms with Gasteiger partial charge in [-0.25, -0.2) is 13.8 Å². The fraction of sp³-hybridized carbons (Fsp3) is 0.353. The monoisotopic (exact) mass is 365 g/mol. The number of thiazole rings is 1. The number of nitrogens with one attached hydrogen (secondary N) is 1. The Labute approximate surface area is 147 Å². The predicted molar refractivity (Wildman–Crippen MR) is 90.2 cm³/mol. The molecule has 0 radical (unpaired) electrons. The van der Waals surface area contributed by atoms with Crippen molar-refractivity contribution in [3.63, 3.8) is 0 Å². The molecule has 0 spiro atoms. The highest BCUT2D eigenvalue weighted by Crippen LogP contribution is 2.22. The minimum absolute atomic E-state index is 0.0292. The fourth-order valence-electron chi connectivity index (χ4n) is 2.93. The molecule has 1 fully saturated rings. The molecule has 0 saturated carbocycles. The minimum atomic E-state index is -0.547. The van der Waals surface area contributed by atoms with E-state index >= 15 is 0 Å². The van der Waals surface area contributed by atoms with E-state index in [1.165, 1.54) is 16.2 Å².